The summed E-state index contributed by atoms with van der Waals surface area (Å²) in [4.78, 5) is 57.6. The van der Waals surface area contributed by atoms with Gasteiger partial charge in [-0.1, -0.05) is 6.07 Å². The maximum atomic E-state index is 16.4. The summed E-state index contributed by atoms with van der Waals surface area (Å²) in [5.74, 6) is -1.24. The molecule has 0 bridgehead atoms. The van der Waals surface area contributed by atoms with Crippen LogP contribution in [0.4, 0.5) is 19.4 Å². The third-order valence-corrected chi connectivity index (χ3v) is 19.4. The number of aliphatic hydroxyl groups is 1. The zero-order chi connectivity index (χ0) is 51.2. The monoisotopic (exact) mass is 1110 g/mol. The van der Waals surface area contributed by atoms with E-state index >= 15 is 8.78 Å². The predicted octanol–water partition coefficient (Wildman–Crippen LogP) is 3.99. The number of benzene rings is 4. The van der Waals surface area contributed by atoms with Crippen LogP contribution in [0.3, 0.4) is 0 Å². The molecule has 5 amide bonds. The summed E-state index contributed by atoms with van der Waals surface area (Å²) in [5.41, 5.74) is 9.23. The number of fused-ring (bicyclic) bond motifs is 2. The number of aliphatic hydroxyl groups excluding tert-OH is 1. The number of urea groups is 1. The van der Waals surface area contributed by atoms with Crippen molar-refractivity contribution in [3.05, 3.63) is 106 Å². The first kappa shape index (κ1) is 50.8. The predicted molar refractivity (Wildman–Crippen MR) is 268 cm³/mol. The number of nitrogens with zero attached hydrogens (tertiary/aromatic N) is 5. The molecule has 5 heterocycles. The normalized spacial score (nSPS) is 23.2. The van der Waals surface area contributed by atoms with Gasteiger partial charge in [-0.3, -0.25) is 19.7 Å². The summed E-state index contributed by atoms with van der Waals surface area (Å²) in [6, 6.07) is 20.5. The molecule has 5 aliphatic rings. The van der Waals surface area contributed by atoms with Gasteiger partial charge in [0.15, 0.2) is 5.82 Å². The first-order valence-electron chi connectivity index (χ1n) is 25.5. The molecule has 4 aromatic carbocycles. The van der Waals surface area contributed by atoms with Gasteiger partial charge in [-0.2, -0.15) is 5.10 Å². The molecule has 5 N–H and O–H groups in total. The molecule has 10 rings (SSSR count). The summed E-state index contributed by atoms with van der Waals surface area (Å²) < 4.78 is 46.3. The number of aryl methyl sites for hydroxylation is 1. The number of anilines is 1. The Hall–Kier alpha value is -5.70. The standard InChI is InChI=1S/C55H64F2IN8O7/c1-33-42(56)30-45-41(47(33)48-40(50(59)69)11-12-44(49(48)57)72-28-27-67)31-55(73-45,36-7-5-4-6-8-36)58-32-60-37-13-20-54(2,21-14-37)52(70)65-24-17-38(18-25-65)64-22-15-34(16-23-64)35-9-10-39-43(29-35)63(3)62-51(39)66-26-19-46(68)61-53(66)71/h4-12,29-30,34,37-38,60,67H,13-28,31-32H2,1-3H3,(H2,59,69)(H,61,68,71)/q-1/t37?,54?,55-/m0/s1. The van der Waals surface area contributed by atoms with Crippen LogP contribution in [0, 0.1) is 24.0 Å². The van der Waals surface area contributed by atoms with Gasteiger partial charge in [-0.25, -0.2) is 4.79 Å². The number of alkyl halides is 2. The molecule has 1 aliphatic carbocycles. The van der Waals surface area contributed by atoms with Crippen molar-refractivity contribution in [3.8, 4) is 22.6 Å². The molecule has 0 spiro atoms. The molecule has 1 saturated carbocycles. The van der Waals surface area contributed by atoms with E-state index in [2.05, 4.69) is 50.7 Å². The number of nitrogens with two attached hydrogens (primary N) is 1. The van der Waals surface area contributed by atoms with Gasteiger partial charge < -0.3 is 0 Å². The number of imide groups is 1. The van der Waals surface area contributed by atoms with Crippen LogP contribution in [-0.4, -0.2) is 111 Å². The molecule has 15 nitrogen and oxygen atoms in total. The van der Waals surface area contributed by atoms with Gasteiger partial charge in [-0.05, 0) is 49.5 Å². The number of aromatic nitrogens is 2. The van der Waals surface area contributed by atoms with Crippen LogP contribution in [0.2, 0.25) is 0 Å². The Morgan fingerprint density at radius 2 is 1.70 bits per heavy atom. The van der Waals surface area contributed by atoms with Crippen molar-refractivity contribution in [2.75, 3.05) is 55.4 Å². The zero-order valence-electron chi connectivity index (χ0n) is 41.7. The van der Waals surface area contributed by atoms with Crippen molar-refractivity contribution >= 4 is 40.5 Å². The Bertz CT molecular complexity index is 2930. The molecular formula is C55H64F2IN8O7-. The Kier molecular flexibility index (Phi) is 14.5. The summed E-state index contributed by atoms with van der Waals surface area (Å²) in [6.45, 7) is 7.03. The molecule has 3 saturated heterocycles. The van der Waals surface area contributed by atoms with Crippen molar-refractivity contribution in [1.82, 2.24) is 30.2 Å². The number of hydrogen-bond donors (Lipinski definition) is 4. The van der Waals surface area contributed by atoms with Gasteiger partial charge in [-0.15, -0.1) is 0 Å². The number of amides is 5. The number of carbonyl (C=O) groups is 4. The SMILES string of the molecule is Cc1c(F)cc2c(c1-c1c(C(N)=O)ccc(OCCO)c1F)C[C@@]([I-]CNC1CCC(C)(C(=O)N3CCC(N4CCC(c5ccc6c(N7CCC(=O)NC7=O)nn(C)c6c5)CC4)CC3)CC1)(c1ccccc1)O2. The van der Waals surface area contributed by atoms with Crippen molar-refractivity contribution in [2.45, 2.75) is 99.7 Å². The molecule has 1 atom stereocenters. The molecule has 4 fully saturated rings. The van der Waals surface area contributed by atoms with E-state index in [1.54, 1.807) is 11.8 Å². The van der Waals surface area contributed by atoms with E-state index in [9.17, 15) is 24.3 Å². The molecule has 18 heteroatoms. The maximum absolute atomic E-state index is 16.4. The molecule has 388 valence electrons. The third kappa shape index (κ3) is 9.91. The number of hydrogen-bond acceptors (Lipinski definition) is 10. The van der Waals surface area contributed by atoms with Crippen LogP contribution in [0.25, 0.3) is 22.0 Å². The number of halogens is 3. The van der Waals surface area contributed by atoms with Gasteiger partial charge >= 0.3 is 309 Å². The van der Waals surface area contributed by atoms with E-state index in [4.69, 9.17) is 15.2 Å². The van der Waals surface area contributed by atoms with Crippen LogP contribution in [0.5, 0.6) is 11.5 Å². The third-order valence-electron chi connectivity index (χ3n) is 16.1. The van der Waals surface area contributed by atoms with E-state index in [0.29, 0.717) is 46.6 Å². The fourth-order valence-corrected chi connectivity index (χ4v) is 15.2. The second-order valence-corrected chi connectivity index (χ2v) is 23.8. The molecule has 0 radical (unpaired) electrons. The molecular weight excluding hydrogens is 1050 g/mol. The van der Waals surface area contributed by atoms with Crippen molar-refractivity contribution in [2.24, 2.45) is 18.2 Å². The molecule has 0 unspecified atom stereocenters. The van der Waals surface area contributed by atoms with Crippen LogP contribution in [-0.2, 0) is 26.7 Å². The molecule has 73 heavy (non-hydrogen) atoms. The number of likely N-dealkylation sites (tertiary alicyclic amines) is 2. The number of carbonyl (C=O) groups excluding carboxylic acids is 4. The number of primary amides is 1. The summed E-state index contributed by atoms with van der Waals surface area (Å²) >= 11 is -0.847. The first-order chi connectivity index (χ1) is 35.2. The number of ether oxygens (including phenoxy) is 2. The van der Waals surface area contributed by atoms with E-state index in [0.717, 1.165) is 94.0 Å². The second kappa shape index (κ2) is 20.9. The molecule has 4 aliphatic heterocycles. The van der Waals surface area contributed by atoms with E-state index in [1.807, 2.05) is 42.1 Å². The van der Waals surface area contributed by atoms with Gasteiger partial charge in [0, 0.05) is 25.4 Å². The minimum absolute atomic E-state index is 0.111. The van der Waals surface area contributed by atoms with Crippen molar-refractivity contribution in [1.29, 1.82) is 0 Å². The Balaban J connectivity index is 0.730. The number of rotatable bonds is 14. The van der Waals surface area contributed by atoms with E-state index in [1.165, 1.54) is 23.8 Å². The van der Waals surface area contributed by atoms with Gasteiger partial charge in [0.2, 0.25) is 5.91 Å². The average Bonchev–Trinajstić information content (AvgIpc) is 3.94. The zero-order valence-corrected chi connectivity index (χ0v) is 43.8. The number of nitrogens with one attached hydrogen (secondary N) is 2. The van der Waals surface area contributed by atoms with E-state index in [-0.39, 0.29) is 65.5 Å². The summed E-state index contributed by atoms with van der Waals surface area (Å²) in [6.07, 6.45) is 7.91. The van der Waals surface area contributed by atoms with Crippen molar-refractivity contribution in [3.63, 3.8) is 0 Å². The first-order valence-corrected chi connectivity index (χ1v) is 28.2. The van der Waals surface area contributed by atoms with Crippen LogP contribution in [0.15, 0.2) is 66.7 Å². The van der Waals surface area contributed by atoms with Crippen LogP contribution < -0.4 is 51.9 Å². The topological polar surface area (TPSA) is 185 Å². The minimum atomic E-state index is -0.869. The van der Waals surface area contributed by atoms with Crippen LogP contribution in [0.1, 0.15) is 103 Å². The Morgan fingerprint density at radius 3 is 2.40 bits per heavy atom. The average molecular weight is 1110 g/mol. The van der Waals surface area contributed by atoms with E-state index < -0.39 is 53.8 Å². The molecule has 1 aromatic heterocycles. The fourth-order valence-electron chi connectivity index (χ4n) is 11.9. The Morgan fingerprint density at radius 1 is 0.959 bits per heavy atom. The van der Waals surface area contributed by atoms with Gasteiger partial charge in [0.25, 0.3) is 0 Å². The quantitative estimate of drug-likeness (QED) is 0.0721. The van der Waals surface area contributed by atoms with Gasteiger partial charge in [0.1, 0.15) is 0 Å². The molecule has 5 aromatic rings. The second-order valence-electron chi connectivity index (χ2n) is 20.6. The number of piperidine rings is 2. The summed E-state index contributed by atoms with van der Waals surface area (Å²) in [7, 11) is 1.89. The van der Waals surface area contributed by atoms with Gasteiger partial charge in [0.05, 0.1) is 5.52 Å². The van der Waals surface area contributed by atoms with Crippen molar-refractivity contribution < 1.29 is 63.7 Å². The fraction of sp³-hybridized carbons (Fsp3) is 0.473. The van der Waals surface area contributed by atoms with Crippen LogP contribution >= 0.6 is 0 Å². The summed E-state index contributed by atoms with van der Waals surface area (Å²) in [5, 5.41) is 21.1. The Labute approximate surface area is 434 Å².